The SMILES string of the molecule is CC1Nc2c(F)cccc2OC1CCO. The van der Waals surface area contributed by atoms with Crippen molar-refractivity contribution in [1.82, 2.24) is 0 Å². The fourth-order valence-electron chi connectivity index (χ4n) is 1.76. The van der Waals surface area contributed by atoms with E-state index >= 15 is 0 Å². The molecule has 0 amide bonds. The normalized spacial score (nSPS) is 23.9. The minimum Gasteiger partial charge on any atom is -0.486 e. The molecule has 1 aliphatic rings. The van der Waals surface area contributed by atoms with Crippen molar-refractivity contribution >= 4 is 5.69 Å². The molecule has 1 aromatic carbocycles. The second-order valence-electron chi connectivity index (χ2n) is 3.71. The predicted molar refractivity (Wildman–Crippen MR) is 55.6 cm³/mol. The third kappa shape index (κ3) is 1.90. The van der Waals surface area contributed by atoms with E-state index in [1.807, 2.05) is 6.92 Å². The molecule has 2 rings (SSSR count). The van der Waals surface area contributed by atoms with Gasteiger partial charge in [0, 0.05) is 13.0 Å². The first-order valence-electron chi connectivity index (χ1n) is 5.05. The average Bonchev–Trinajstić information content (AvgIpc) is 2.21. The molecule has 82 valence electrons. The Balaban J connectivity index is 2.25. The molecule has 3 nitrogen and oxygen atoms in total. The molecule has 0 aliphatic carbocycles. The van der Waals surface area contributed by atoms with E-state index in [2.05, 4.69) is 5.32 Å². The van der Waals surface area contributed by atoms with Crippen molar-refractivity contribution in [3.8, 4) is 5.75 Å². The zero-order valence-electron chi connectivity index (χ0n) is 8.53. The number of nitrogens with one attached hydrogen (secondary N) is 1. The zero-order valence-corrected chi connectivity index (χ0v) is 8.53. The number of ether oxygens (including phenoxy) is 1. The fourth-order valence-corrected chi connectivity index (χ4v) is 1.76. The first kappa shape index (κ1) is 10.2. The average molecular weight is 211 g/mol. The van der Waals surface area contributed by atoms with Gasteiger partial charge in [-0.1, -0.05) is 6.07 Å². The Kier molecular flexibility index (Phi) is 2.77. The van der Waals surface area contributed by atoms with Gasteiger partial charge < -0.3 is 15.2 Å². The molecule has 1 aliphatic heterocycles. The number of hydrogen-bond acceptors (Lipinski definition) is 3. The van der Waals surface area contributed by atoms with Gasteiger partial charge in [0.05, 0.1) is 6.04 Å². The highest BCUT2D eigenvalue weighted by Crippen LogP contribution is 2.33. The van der Waals surface area contributed by atoms with Gasteiger partial charge in [0.2, 0.25) is 0 Å². The Morgan fingerprint density at radius 3 is 3.07 bits per heavy atom. The number of rotatable bonds is 2. The van der Waals surface area contributed by atoms with Crippen molar-refractivity contribution < 1.29 is 14.2 Å². The Labute approximate surface area is 87.9 Å². The van der Waals surface area contributed by atoms with E-state index in [1.54, 1.807) is 12.1 Å². The number of anilines is 1. The molecular weight excluding hydrogens is 197 g/mol. The van der Waals surface area contributed by atoms with Crippen LogP contribution in [0.4, 0.5) is 10.1 Å². The molecule has 1 aromatic rings. The second kappa shape index (κ2) is 4.06. The van der Waals surface area contributed by atoms with Crippen molar-refractivity contribution in [3.05, 3.63) is 24.0 Å². The highest BCUT2D eigenvalue weighted by atomic mass is 19.1. The fraction of sp³-hybridized carbons (Fsp3) is 0.455. The third-order valence-corrected chi connectivity index (χ3v) is 2.60. The van der Waals surface area contributed by atoms with Crippen LogP contribution in [0.2, 0.25) is 0 Å². The second-order valence-corrected chi connectivity index (χ2v) is 3.71. The maximum Gasteiger partial charge on any atom is 0.150 e. The van der Waals surface area contributed by atoms with Crippen molar-refractivity contribution in [3.63, 3.8) is 0 Å². The molecule has 0 radical (unpaired) electrons. The van der Waals surface area contributed by atoms with Gasteiger partial charge in [0.1, 0.15) is 23.4 Å². The lowest BCUT2D eigenvalue weighted by Crippen LogP contribution is -2.40. The molecule has 1 heterocycles. The van der Waals surface area contributed by atoms with Gasteiger partial charge in [0.25, 0.3) is 0 Å². The van der Waals surface area contributed by atoms with Crippen LogP contribution in [0.25, 0.3) is 0 Å². The summed E-state index contributed by atoms with van der Waals surface area (Å²) in [6.07, 6.45) is 0.439. The molecule has 2 atom stereocenters. The number of aliphatic hydroxyl groups excluding tert-OH is 1. The van der Waals surface area contributed by atoms with Crippen molar-refractivity contribution in [2.24, 2.45) is 0 Å². The number of hydrogen-bond donors (Lipinski definition) is 2. The summed E-state index contributed by atoms with van der Waals surface area (Å²) in [4.78, 5) is 0. The van der Waals surface area contributed by atoms with Crippen LogP contribution in [0.15, 0.2) is 18.2 Å². The number of benzene rings is 1. The van der Waals surface area contributed by atoms with E-state index in [0.717, 1.165) is 0 Å². The van der Waals surface area contributed by atoms with Gasteiger partial charge in [-0.25, -0.2) is 4.39 Å². The summed E-state index contributed by atoms with van der Waals surface area (Å²) < 4.78 is 19.0. The van der Waals surface area contributed by atoms with Gasteiger partial charge in [0.15, 0.2) is 0 Å². The summed E-state index contributed by atoms with van der Waals surface area (Å²) >= 11 is 0. The lowest BCUT2D eigenvalue weighted by atomic mass is 10.1. The van der Waals surface area contributed by atoms with Gasteiger partial charge in [-0.05, 0) is 19.1 Å². The summed E-state index contributed by atoms with van der Waals surface area (Å²) in [7, 11) is 0. The van der Waals surface area contributed by atoms with E-state index < -0.39 is 0 Å². The molecule has 0 aromatic heterocycles. The lowest BCUT2D eigenvalue weighted by Gasteiger charge is -2.32. The summed E-state index contributed by atoms with van der Waals surface area (Å²) in [6, 6.07) is 4.74. The van der Waals surface area contributed by atoms with Gasteiger partial charge in [-0.2, -0.15) is 0 Å². The van der Waals surface area contributed by atoms with E-state index in [9.17, 15) is 4.39 Å². The van der Waals surface area contributed by atoms with E-state index in [0.29, 0.717) is 17.9 Å². The van der Waals surface area contributed by atoms with Crippen molar-refractivity contribution in [2.45, 2.75) is 25.5 Å². The molecule has 0 saturated carbocycles. The molecular formula is C11H14FNO2. The molecule has 0 fully saturated rings. The van der Waals surface area contributed by atoms with Gasteiger partial charge in [-0.3, -0.25) is 0 Å². The first-order chi connectivity index (χ1) is 7.22. The van der Waals surface area contributed by atoms with Crippen LogP contribution >= 0.6 is 0 Å². The first-order valence-corrected chi connectivity index (χ1v) is 5.05. The number of aliphatic hydroxyl groups is 1. The zero-order chi connectivity index (χ0) is 10.8. The molecule has 2 unspecified atom stereocenters. The number of para-hydroxylation sites is 1. The van der Waals surface area contributed by atoms with Gasteiger partial charge in [-0.15, -0.1) is 0 Å². The molecule has 2 N–H and O–H groups in total. The highest BCUT2D eigenvalue weighted by Gasteiger charge is 2.27. The maximum absolute atomic E-state index is 13.4. The smallest absolute Gasteiger partial charge is 0.150 e. The molecule has 0 spiro atoms. The molecule has 4 heteroatoms. The summed E-state index contributed by atoms with van der Waals surface area (Å²) in [5.74, 6) is 0.216. The van der Waals surface area contributed by atoms with E-state index in [1.165, 1.54) is 6.07 Å². The highest BCUT2D eigenvalue weighted by molar-refractivity contribution is 5.59. The Bertz CT molecular complexity index is 356. The lowest BCUT2D eigenvalue weighted by molar-refractivity contribution is 0.133. The maximum atomic E-state index is 13.4. The minimum atomic E-state index is -0.304. The summed E-state index contributed by atoms with van der Waals surface area (Å²) in [5, 5.41) is 11.9. The quantitative estimate of drug-likeness (QED) is 0.783. The monoisotopic (exact) mass is 211 g/mol. The Hall–Kier alpha value is -1.29. The van der Waals surface area contributed by atoms with Crippen LogP contribution in [0.1, 0.15) is 13.3 Å². The molecule has 0 bridgehead atoms. The Morgan fingerprint density at radius 1 is 1.53 bits per heavy atom. The van der Waals surface area contributed by atoms with Crippen LogP contribution in [-0.2, 0) is 0 Å². The topological polar surface area (TPSA) is 41.5 Å². The van der Waals surface area contributed by atoms with Crippen molar-refractivity contribution in [1.29, 1.82) is 0 Å². The summed E-state index contributed by atoms with van der Waals surface area (Å²) in [6.45, 7) is 1.98. The van der Waals surface area contributed by atoms with Crippen LogP contribution in [0.5, 0.6) is 5.75 Å². The van der Waals surface area contributed by atoms with Crippen LogP contribution in [0, 0.1) is 5.82 Å². The third-order valence-electron chi connectivity index (χ3n) is 2.60. The molecule has 15 heavy (non-hydrogen) atoms. The number of fused-ring (bicyclic) bond motifs is 1. The molecule has 0 saturated heterocycles. The van der Waals surface area contributed by atoms with E-state index in [4.69, 9.17) is 9.84 Å². The summed E-state index contributed by atoms with van der Waals surface area (Å²) in [5.41, 5.74) is 0.416. The minimum absolute atomic E-state index is 0.00144. The van der Waals surface area contributed by atoms with E-state index in [-0.39, 0.29) is 24.6 Å². The van der Waals surface area contributed by atoms with Crippen LogP contribution in [0.3, 0.4) is 0 Å². The van der Waals surface area contributed by atoms with Crippen LogP contribution < -0.4 is 10.1 Å². The predicted octanol–water partition coefficient (Wildman–Crippen LogP) is 1.77. The van der Waals surface area contributed by atoms with Crippen LogP contribution in [-0.4, -0.2) is 23.9 Å². The standard InChI is InChI=1S/C11H14FNO2/c1-7-9(5-6-14)15-10-4-2-3-8(12)11(10)13-7/h2-4,7,9,13-14H,5-6H2,1H3. The number of halogens is 1. The Morgan fingerprint density at radius 2 is 2.33 bits per heavy atom. The van der Waals surface area contributed by atoms with Gasteiger partial charge >= 0.3 is 0 Å². The van der Waals surface area contributed by atoms with Crippen molar-refractivity contribution in [2.75, 3.05) is 11.9 Å². The largest absolute Gasteiger partial charge is 0.486 e.